The summed E-state index contributed by atoms with van der Waals surface area (Å²) < 4.78 is 0. The zero-order chi connectivity index (χ0) is 19.4. The van der Waals surface area contributed by atoms with Gasteiger partial charge in [0, 0.05) is 38.1 Å². The molecule has 0 aliphatic carbocycles. The summed E-state index contributed by atoms with van der Waals surface area (Å²) in [6, 6.07) is 9.82. The van der Waals surface area contributed by atoms with Gasteiger partial charge in [-0.15, -0.1) is 0 Å². The summed E-state index contributed by atoms with van der Waals surface area (Å²) in [7, 11) is 0. The highest BCUT2D eigenvalue weighted by Gasteiger charge is 2.23. The molecule has 6 nitrogen and oxygen atoms in total. The van der Waals surface area contributed by atoms with Gasteiger partial charge in [0.25, 0.3) is 5.91 Å². The second kappa shape index (κ2) is 8.05. The minimum absolute atomic E-state index is 0.00399. The first-order chi connectivity index (χ1) is 12.9. The van der Waals surface area contributed by atoms with Crippen LogP contribution in [0.25, 0.3) is 0 Å². The van der Waals surface area contributed by atoms with Gasteiger partial charge in [-0.05, 0) is 29.7 Å². The number of aromatic nitrogens is 2. The van der Waals surface area contributed by atoms with E-state index in [1.54, 1.807) is 12.3 Å². The SMILES string of the molecule is CCN1CCN(C(=O)c2ccnc(Nc3ccccc3C(C)(C)C)n2)CC1. The molecule has 1 fully saturated rings. The van der Waals surface area contributed by atoms with Crippen LogP contribution in [-0.4, -0.2) is 58.4 Å². The Hall–Kier alpha value is -2.47. The van der Waals surface area contributed by atoms with Crippen molar-refractivity contribution < 1.29 is 4.79 Å². The lowest BCUT2D eigenvalue weighted by molar-refractivity contribution is 0.0637. The van der Waals surface area contributed by atoms with Gasteiger partial charge < -0.3 is 15.1 Å². The third-order valence-corrected chi connectivity index (χ3v) is 4.96. The second-order valence-corrected chi connectivity index (χ2v) is 7.91. The zero-order valence-electron chi connectivity index (χ0n) is 16.7. The predicted octanol–water partition coefficient (Wildman–Crippen LogP) is 3.30. The molecule has 0 saturated carbocycles. The Morgan fingerprint density at radius 1 is 1.11 bits per heavy atom. The van der Waals surface area contributed by atoms with Crippen molar-refractivity contribution in [2.45, 2.75) is 33.1 Å². The van der Waals surface area contributed by atoms with Crippen molar-refractivity contribution in [1.82, 2.24) is 19.8 Å². The van der Waals surface area contributed by atoms with Crippen molar-refractivity contribution in [3.05, 3.63) is 47.8 Å². The highest BCUT2D eigenvalue weighted by molar-refractivity contribution is 5.92. The van der Waals surface area contributed by atoms with E-state index in [1.165, 1.54) is 5.56 Å². The van der Waals surface area contributed by atoms with E-state index in [-0.39, 0.29) is 11.3 Å². The highest BCUT2D eigenvalue weighted by atomic mass is 16.2. The first kappa shape index (κ1) is 19.3. The quantitative estimate of drug-likeness (QED) is 0.898. The Kier molecular flexibility index (Phi) is 5.75. The van der Waals surface area contributed by atoms with Crippen LogP contribution in [0, 0.1) is 0 Å². The number of hydrogen-bond acceptors (Lipinski definition) is 5. The zero-order valence-corrected chi connectivity index (χ0v) is 16.7. The molecule has 6 heteroatoms. The van der Waals surface area contributed by atoms with E-state index in [0.717, 1.165) is 38.4 Å². The number of nitrogens with zero attached hydrogens (tertiary/aromatic N) is 4. The molecule has 2 heterocycles. The second-order valence-electron chi connectivity index (χ2n) is 7.91. The van der Waals surface area contributed by atoms with Crippen LogP contribution in [0.2, 0.25) is 0 Å². The molecule has 3 rings (SSSR count). The smallest absolute Gasteiger partial charge is 0.272 e. The molecule has 1 aliphatic heterocycles. The number of rotatable bonds is 4. The van der Waals surface area contributed by atoms with E-state index in [9.17, 15) is 4.79 Å². The van der Waals surface area contributed by atoms with Gasteiger partial charge in [-0.2, -0.15) is 0 Å². The number of para-hydroxylation sites is 1. The molecule has 1 amide bonds. The maximum Gasteiger partial charge on any atom is 0.272 e. The van der Waals surface area contributed by atoms with Crippen LogP contribution < -0.4 is 5.32 Å². The molecule has 1 N–H and O–H groups in total. The summed E-state index contributed by atoms with van der Waals surface area (Å²) in [6.45, 7) is 13.0. The van der Waals surface area contributed by atoms with Gasteiger partial charge in [0.1, 0.15) is 5.69 Å². The van der Waals surface area contributed by atoms with Crippen molar-refractivity contribution in [3.8, 4) is 0 Å². The monoisotopic (exact) mass is 367 g/mol. The van der Waals surface area contributed by atoms with Crippen LogP contribution in [0.15, 0.2) is 36.5 Å². The van der Waals surface area contributed by atoms with E-state index in [0.29, 0.717) is 11.6 Å². The van der Waals surface area contributed by atoms with Gasteiger partial charge in [0.05, 0.1) is 0 Å². The van der Waals surface area contributed by atoms with Crippen molar-refractivity contribution in [3.63, 3.8) is 0 Å². The fraction of sp³-hybridized carbons (Fsp3) is 0.476. The summed E-state index contributed by atoms with van der Waals surface area (Å²) in [5.41, 5.74) is 2.58. The van der Waals surface area contributed by atoms with Crippen LogP contribution in [0.1, 0.15) is 43.7 Å². The van der Waals surface area contributed by atoms with Gasteiger partial charge in [-0.1, -0.05) is 45.9 Å². The summed E-state index contributed by atoms with van der Waals surface area (Å²) in [4.78, 5) is 25.8. The third kappa shape index (κ3) is 4.63. The number of benzene rings is 1. The molecule has 0 spiro atoms. The Morgan fingerprint density at radius 2 is 1.81 bits per heavy atom. The number of amides is 1. The van der Waals surface area contributed by atoms with Gasteiger partial charge in [-0.3, -0.25) is 4.79 Å². The van der Waals surface area contributed by atoms with Crippen molar-refractivity contribution in [2.75, 3.05) is 38.0 Å². The fourth-order valence-corrected chi connectivity index (χ4v) is 3.33. The maximum atomic E-state index is 12.8. The molecule has 27 heavy (non-hydrogen) atoms. The molecular weight excluding hydrogens is 338 g/mol. The molecule has 0 radical (unpaired) electrons. The standard InChI is InChI=1S/C21H29N5O/c1-5-25-12-14-26(15-13-25)19(27)18-10-11-22-20(24-18)23-17-9-7-6-8-16(17)21(2,3)4/h6-11H,5,12-15H2,1-4H3,(H,22,23,24). The van der Waals surface area contributed by atoms with E-state index >= 15 is 0 Å². The highest BCUT2D eigenvalue weighted by Crippen LogP contribution is 2.30. The molecule has 1 saturated heterocycles. The normalized spacial score (nSPS) is 15.6. The number of piperazine rings is 1. The average molecular weight is 367 g/mol. The molecule has 144 valence electrons. The Labute approximate surface area is 161 Å². The summed E-state index contributed by atoms with van der Waals surface area (Å²) in [6.07, 6.45) is 1.64. The summed E-state index contributed by atoms with van der Waals surface area (Å²) in [5.74, 6) is 0.421. The van der Waals surface area contributed by atoms with Crippen LogP contribution >= 0.6 is 0 Å². The first-order valence-electron chi connectivity index (χ1n) is 9.59. The Morgan fingerprint density at radius 3 is 2.48 bits per heavy atom. The first-order valence-corrected chi connectivity index (χ1v) is 9.59. The fourth-order valence-electron chi connectivity index (χ4n) is 3.33. The number of carbonyl (C=O) groups is 1. The van der Waals surface area contributed by atoms with E-state index < -0.39 is 0 Å². The third-order valence-electron chi connectivity index (χ3n) is 4.96. The van der Waals surface area contributed by atoms with Crippen LogP contribution in [0.3, 0.4) is 0 Å². The average Bonchev–Trinajstić information content (AvgIpc) is 2.67. The number of nitrogens with one attached hydrogen (secondary N) is 1. The molecule has 1 aromatic carbocycles. The van der Waals surface area contributed by atoms with E-state index in [4.69, 9.17) is 0 Å². The Balaban J connectivity index is 1.76. The number of carbonyl (C=O) groups excluding carboxylic acids is 1. The van der Waals surface area contributed by atoms with Crippen LogP contribution in [0.5, 0.6) is 0 Å². The lowest BCUT2D eigenvalue weighted by Gasteiger charge is -2.33. The summed E-state index contributed by atoms with van der Waals surface area (Å²) in [5, 5.41) is 3.29. The van der Waals surface area contributed by atoms with Gasteiger partial charge in [-0.25, -0.2) is 9.97 Å². The van der Waals surface area contributed by atoms with Crippen LogP contribution in [-0.2, 0) is 5.41 Å². The minimum Gasteiger partial charge on any atom is -0.335 e. The van der Waals surface area contributed by atoms with Gasteiger partial charge in [0.2, 0.25) is 5.95 Å². The lowest BCUT2D eigenvalue weighted by Crippen LogP contribution is -2.48. The number of hydrogen-bond donors (Lipinski definition) is 1. The van der Waals surface area contributed by atoms with Gasteiger partial charge in [0.15, 0.2) is 0 Å². The topological polar surface area (TPSA) is 61.4 Å². The predicted molar refractivity (Wildman–Crippen MR) is 108 cm³/mol. The maximum absolute atomic E-state index is 12.8. The largest absolute Gasteiger partial charge is 0.335 e. The van der Waals surface area contributed by atoms with E-state index in [1.807, 2.05) is 23.1 Å². The van der Waals surface area contributed by atoms with Crippen molar-refractivity contribution in [2.24, 2.45) is 0 Å². The minimum atomic E-state index is -0.0275. The number of likely N-dealkylation sites (N-methyl/N-ethyl adjacent to an activating group) is 1. The molecule has 2 aromatic rings. The van der Waals surface area contributed by atoms with E-state index in [2.05, 4.69) is 53.9 Å². The molecule has 1 aliphatic rings. The molecule has 1 aromatic heterocycles. The van der Waals surface area contributed by atoms with Crippen molar-refractivity contribution >= 4 is 17.5 Å². The lowest BCUT2D eigenvalue weighted by atomic mass is 9.86. The summed E-state index contributed by atoms with van der Waals surface area (Å²) >= 11 is 0. The Bertz CT molecular complexity index is 791. The molecule has 0 bridgehead atoms. The molecule has 0 unspecified atom stereocenters. The number of anilines is 2. The van der Waals surface area contributed by atoms with Gasteiger partial charge >= 0.3 is 0 Å². The van der Waals surface area contributed by atoms with Crippen molar-refractivity contribution in [1.29, 1.82) is 0 Å². The van der Waals surface area contributed by atoms with Crippen LogP contribution in [0.4, 0.5) is 11.6 Å². The molecule has 0 atom stereocenters. The molecular formula is C21H29N5O.